The fraction of sp³-hybridized carbons (Fsp3) is 0.435. The molecule has 1 amide bonds. The fourth-order valence-electron chi connectivity index (χ4n) is 4.26. The lowest BCUT2D eigenvalue weighted by Crippen LogP contribution is -2.46. The molecule has 0 unspecified atom stereocenters. The molecule has 1 fully saturated rings. The first-order valence-corrected chi connectivity index (χ1v) is 9.88. The molecule has 0 N–H and O–H groups in total. The molecular weight excluding hydrogens is 370 g/mol. The van der Waals surface area contributed by atoms with Gasteiger partial charge < -0.3 is 14.4 Å². The van der Waals surface area contributed by atoms with E-state index in [9.17, 15) is 14.4 Å². The van der Waals surface area contributed by atoms with Gasteiger partial charge in [-0.2, -0.15) is 0 Å². The highest BCUT2D eigenvalue weighted by atomic mass is 16.5. The Kier molecular flexibility index (Phi) is 6.20. The quantitative estimate of drug-likeness (QED) is 0.714. The molecule has 29 heavy (non-hydrogen) atoms. The second-order valence-electron chi connectivity index (χ2n) is 7.62. The summed E-state index contributed by atoms with van der Waals surface area (Å²) in [5.74, 6) is -1.51. The Hall–Kier alpha value is -2.89. The second-order valence-corrected chi connectivity index (χ2v) is 7.62. The van der Waals surface area contributed by atoms with Gasteiger partial charge in [-0.15, -0.1) is 0 Å². The molecule has 154 valence electrons. The van der Waals surface area contributed by atoms with Gasteiger partial charge in [-0.25, -0.2) is 9.59 Å². The lowest BCUT2D eigenvalue weighted by Gasteiger charge is -2.39. The van der Waals surface area contributed by atoms with Crippen LogP contribution in [0.1, 0.15) is 38.2 Å². The molecule has 1 aliphatic heterocycles. The summed E-state index contributed by atoms with van der Waals surface area (Å²) in [6, 6.07) is 9.12. The van der Waals surface area contributed by atoms with Gasteiger partial charge in [0.1, 0.15) is 0 Å². The van der Waals surface area contributed by atoms with Crippen molar-refractivity contribution in [2.75, 3.05) is 20.8 Å². The molecule has 6 nitrogen and oxygen atoms in total. The SMILES string of the molecule is COC(=O)C1=C(C(=O)OC)[C@H](N2CCCC2=O)[C@@H](c2ccccc2)C=C1C(C)C. The number of ether oxygens (including phenoxy) is 2. The molecule has 2 aliphatic rings. The normalized spacial score (nSPS) is 22.0. The summed E-state index contributed by atoms with van der Waals surface area (Å²) < 4.78 is 10.1. The largest absolute Gasteiger partial charge is 0.466 e. The average Bonchev–Trinajstić information content (AvgIpc) is 3.16. The molecule has 0 saturated carbocycles. The van der Waals surface area contributed by atoms with E-state index in [1.54, 1.807) is 4.90 Å². The number of benzene rings is 1. The first kappa shape index (κ1) is 20.8. The summed E-state index contributed by atoms with van der Waals surface area (Å²) in [5.41, 5.74) is 2.12. The first-order chi connectivity index (χ1) is 13.9. The van der Waals surface area contributed by atoms with Crippen LogP contribution in [-0.2, 0) is 23.9 Å². The maximum atomic E-state index is 13.0. The van der Waals surface area contributed by atoms with Crippen molar-refractivity contribution in [2.45, 2.75) is 38.6 Å². The summed E-state index contributed by atoms with van der Waals surface area (Å²) in [6.07, 6.45) is 3.16. The Balaban J connectivity index is 2.30. The monoisotopic (exact) mass is 397 g/mol. The maximum Gasteiger partial charge on any atom is 0.338 e. The topological polar surface area (TPSA) is 72.9 Å². The van der Waals surface area contributed by atoms with Crippen molar-refractivity contribution in [1.29, 1.82) is 0 Å². The Morgan fingerprint density at radius 1 is 1.07 bits per heavy atom. The van der Waals surface area contributed by atoms with Gasteiger partial charge in [-0.05, 0) is 23.5 Å². The standard InChI is InChI=1S/C23H27NO5/c1-14(2)16-13-17(15-9-6-5-7-10-15)21(24-12-8-11-18(24)25)20(23(27)29-4)19(16)22(26)28-3/h5-7,9-10,13-14,17,21H,8,11-12H2,1-4H3/t17-,21-/m1/s1. The molecule has 2 atom stereocenters. The van der Waals surface area contributed by atoms with Crippen LogP contribution in [0.4, 0.5) is 0 Å². The number of hydrogen-bond acceptors (Lipinski definition) is 5. The molecule has 1 heterocycles. The van der Waals surface area contributed by atoms with Crippen molar-refractivity contribution in [3.8, 4) is 0 Å². The van der Waals surface area contributed by atoms with Crippen molar-refractivity contribution >= 4 is 17.8 Å². The number of esters is 2. The van der Waals surface area contributed by atoms with E-state index in [4.69, 9.17) is 9.47 Å². The van der Waals surface area contributed by atoms with E-state index in [0.29, 0.717) is 13.0 Å². The Labute approximate surface area is 171 Å². The van der Waals surface area contributed by atoms with Crippen molar-refractivity contribution in [2.24, 2.45) is 5.92 Å². The minimum atomic E-state index is -0.614. The Bertz CT molecular complexity index is 869. The number of methoxy groups -OCH3 is 2. The highest BCUT2D eigenvalue weighted by molar-refractivity contribution is 6.05. The minimum absolute atomic E-state index is 0.0230. The van der Waals surface area contributed by atoms with Crippen LogP contribution in [0.2, 0.25) is 0 Å². The minimum Gasteiger partial charge on any atom is -0.466 e. The van der Waals surface area contributed by atoms with E-state index in [1.807, 2.05) is 50.3 Å². The van der Waals surface area contributed by atoms with Gasteiger partial charge in [0.25, 0.3) is 0 Å². The fourth-order valence-corrected chi connectivity index (χ4v) is 4.26. The zero-order valence-electron chi connectivity index (χ0n) is 17.3. The number of amides is 1. The highest BCUT2D eigenvalue weighted by Gasteiger charge is 2.45. The number of carbonyl (C=O) groups excluding carboxylic acids is 3. The molecule has 6 heteroatoms. The van der Waals surface area contributed by atoms with Gasteiger partial charge in [-0.3, -0.25) is 4.79 Å². The van der Waals surface area contributed by atoms with Crippen molar-refractivity contribution in [1.82, 2.24) is 4.90 Å². The summed E-state index contributed by atoms with van der Waals surface area (Å²) in [5, 5.41) is 0. The van der Waals surface area contributed by atoms with Crippen molar-refractivity contribution in [3.05, 3.63) is 58.7 Å². The summed E-state index contributed by atoms with van der Waals surface area (Å²) in [6.45, 7) is 4.47. The number of rotatable bonds is 5. The maximum absolute atomic E-state index is 13.0. The molecule has 1 saturated heterocycles. The summed E-state index contributed by atoms with van der Waals surface area (Å²) in [4.78, 5) is 40.1. The molecule has 1 aromatic rings. The van der Waals surface area contributed by atoms with Gasteiger partial charge >= 0.3 is 11.9 Å². The van der Waals surface area contributed by atoms with Crippen molar-refractivity contribution in [3.63, 3.8) is 0 Å². The molecule has 0 spiro atoms. The smallest absolute Gasteiger partial charge is 0.338 e. The predicted octanol–water partition coefficient (Wildman–Crippen LogP) is 3.00. The van der Waals surface area contributed by atoms with Crippen LogP contribution in [0.15, 0.2) is 53.1 Å². The summed E-state index contributed by atoms with van der Waals surface area (Å²) >= 11 is 0. The number of carbonyl (C=O) groups is 3. The molecule has 1 aliphatic carbocycles. The van der Waals surface area contributed by atoms with Gasteiger partial charge in [0.2, 0.25) is 5.91 Å². The third-order valence-electron chi connectivity index (χ3n) is 5.60. The molecule has 0 aromatic heterocycles. The Morgan fingerprint density at radius 3 is 2.24 bits per heavy atom. The van der Waals surface area contributed by atoms with Crippen LogP contribution < -0.4 is 0 Å². The van der Waals surface area contributed by atoms with Crippen LogP contribution >= 0.6 is 0 Å². The van der Waals surface area contributed by atoms with Crippen LogP contribution in [0.3, 0.4) is 0 Å². The van der Waals surface area contributed by atoms with E-state index < -0.39 is 18.0 Å². The predicted molar refractivity (Wildman–Crippen MR) is 108 cm³/mol. The second kappa shape index (κ2) is 8.64. The molecule has 3 rings (SSSR count). The zero-order chi connectivity index (χ0) is 21.1. The van der Waals surface area contributed by atoms with Gasteiger partial charge in [0.15, 0.2) is 0 Å². The van der Waals surface area contributed by atoms with Crippen LogP contribution in [0.5, 0.6) is 0 Å². The van der Waals surface area contributed by atoms with Gasteiger partial charge in [0.05, 0.1) is 31.4 Å². The first-order valence-electron chi connectivity index (χ1n) is 9.88. The third-order valence-corrected chi connectivity index (χ3v) is 5.60. The van der Waals surface area contributed by atoms with E-state index in [2.05, 4.69) is 0 Å². The van der Waals surface area contributed by atoms with Gasteiger partial charge in [0, 0.05) is 18.9 Å². The Morgan fingerprint density at radius 2 is 1.72 bits per heavy atom. The summed E-state index contributed by atoms with van der Waals surface area (Å²) in [7, 11) is 2.58. The highest BCUT2D eigenvalue weighted by Crippen LogP contribution is 2.42. The number of likely N-dealkylation sites (tertiary alicyclic amines) is 1. The molecule has 0 bridgehead atoms. The lowest BCUT2D eigenvalue weighted by molar-refractivity contribution is -0.140. The van der Waals surface area contributed by atoms with Crippen molar-refractivity contribution < 1.29 is 23.9 Å². The lowest BCUT2D eigenvalue weighted by atomic mass is 9.74. The number of hydrogen-bond donors (Lipinski definition) is 0. The van der Waals surface area contributed by atoms with E-state index in [-0.39, 0.29) is 28.9 Å². The zero-order valence-corrected chi connectivity index (χ0v) is 17.3. The number of nitrogens with zero attached hydrogens (tertiary/aromatic N) is 1. The van der Waals surface area contributed by atoms with Crippen LogP contribution in [-0.4, -0.2) is 49.6 Å². The van der Waals surface area contributed by atoms with E-state index in [0.717, 1.165) is 17.6 Å². The molecule has 0 radical (unpaired) electrons. The average molecular weight is 397 g/mol. The van der Waals surface area contributed by atoms with E-state index in [1.165, 1.54) is 14.2 Å². The van der Waals surface area contributed by atoms with E-state index >= 15 is 0 Å². The molecular formula is C23H27NO5. The third kappa shape index (κ3) is 3.84. The van der Waals surface area contributed by atoms with Crippen LogP contribution in [0, 0.1) is 5.92 Å². The van der Waals surface area contributed by atoms with Crippen LogP contribution in [0.25, 0.3) is 0 Å². The molecule has 1 aromatic carbocycles. The van der Waals surface area contributed by atoms with Gasteiger partial charge in [-0.1, -0.05) is 50.3 Å².